The van der Waals surface area contributed by atoms with E-state index in [0.29, 0.717) is 17.7 Å². The van der Waals surface area contributed by atoms with Gasteiger partial charge >= 0.3 is 0 Å². The van der Waals surface area contributed by atoms with Crippen molar-refractivity contribution < 1.29 is 14.9 Å². The molecule has 10 nitrogen and oxygen atoms in total. The number of nitrogens with zero attached hydrogens (tertiary/aromatic N) is 5. The van der Waals surface area contributed by atoms with Crippen LogP contribution in [0.2, 0.25) is 0 Å². The Morgan fingerprint density at radius 3 is 2.86 bits per heavy atom. The van der Waals surface area contributed by atoms with Crippen LogP contribution in [0.1, 0.15) is 38.8 Å². The van der Waals surface area contributed by atoms with Crippen LogP contribution in [0.15, 0.2) is 12.7 Å². The van der Waals surface area contributed by atoms with E-state index in [9.17, 15) is 10.2 Å². The Kier molecular flexibility index (Phi) is 4.52. The molecule has 0 bridgehead atoms. The largest absolute Gasteiger partial charge is 0.387 e. The van der Waals surface area contributed by atoms with Crippen molar-refractivity contribution >= 4 is 17.0 Å². The smallest absolute Gasteiger partial charge is 0.168 e. The molecule has 10 heteroatoms. The molecule has 1 spiro atoms. The van der Waals surface area contributed by atoms with Crippen LogP contribution >= 0.6 is 0 Å². The van der Waals surface area contributed by atoms with Crippen molar-refractivity contribution in [3.8, 4) is 0 Å². The Balaban J connectivity index is 1.41. The van der Waals surface area contributed by atoms with Crippen LogP contribution in [0.3, 0.4) is 0 Å². The summed E-state index contributed by atoms with van der Waals surface area (Å²) < 4.78 is 7.88. The highest BCUT2D eigenvalue weighted by Crippen LogP contribution is 2.42. The van der Waals surface area contributed by atoms with Crippen molar-refractivity contribution in [2.75, 3.05) is 31.9 Å². The molecule has 3 aliphatic heterocycles. The number of nitrogens with one attached hydrogen (secondary N) is 1. The lowest BCUT2D eigenvalue weighted by molar-refractivity contribution is -0.0951. The van der Waals surface area contributed by atoms with Crippen molar-refractivity contribution in [1.29, 1.82) is 0 Å². The third-order valence-electron chi connectivity index (χ3n) is 7.07. The first-order chi connectivity index (χ1) is 13.9. The molecule has 2 aromatic heterocycles. The SMILES string of the molecule is C[C@@]1(O)[C@H](O)[C@@H](CN2CCCC23CCNCC3)O[C@H]1n1cnc2c(N)ncnc21. The first-order valence-electron chi connectivity index (χ1n) is 10.4. The minimum Gasteiger partial charge on any atom is -0.387 e. The number of hydrogen-bond donors (Lipinski definition) is 4. The van der Waals surface area contributed by atoms with E-state index in [1.54, 1.807) is 11.5 Å². The fourth-order valence-corrected chi connectivity index (χ4v) is 5.39. The van der Waals surface area contributed by atoms with Gasteiger partial charge in [-0.2, -0.15) is 0 Å². The van der Waals surface area contributed by atoms with Gasteiger partial charge in [0.1, 0.15) is 29.7 Å². The molecule has 3 saturated heterocycles. The number of aliphatic hydroxyl groups excluding tert-OH is 1. The molecule has 0 aromatic carbocycles. The summed E-state index contributed by atoms with van der Waals surface area (Å²) in [5, 5.41) is 25.5. The molecule has 0 saturated carbocycles. The van der Waals surface area contributed by atoms with Gasteiger partial charge in [0, 0.05) is 12.1 Å². The van der Waals surface area contributed by atoms with Gasteiger partial charge in [-0.05, 0) is 52.2 Å². The number of ether oxygens (including phenoxy) is 1. The molecule has 0 amide bonds. The standard InChI is InChI=1S/C19H29N7O3/c1-18(28)14(27)12(9-25-8-2-3-19(25)4-6-21-7-5-19)29-17(18)26-11-24-13-15(20)22-10-23-16(13)26/h10-12,14,17,21,27-28H,2-9H2,1H3,(H2,20,22,23)/t12-,14-,17-,18-/m1/s1. The third-order valence-corrected chi connectivity index (χ3v) is 7.07. The van der Waals surface area contributed by atoms with Gasteiger partial charge < -0.3 is 26.0 Å². The van der Waals surface area contributed by atoms with Crippen LogP contribution in [-0.4, -0.2) is 84.2 Å². The van der Waals surface area contributed by atoms with Gasteiger partial charge in [0.05, 0.1) is 6.33 Å². The summed E-state index contributed by atoms with van der Waals surface area (Å²) in [5.74, 6) is 0.272. The monoisotopic (exact) mass is 403 g/mol. The summed E-state index contributed by atoms with van der Waals surface area (Å²) in [7, 11) is 0. The molecule has 3 aliphatic rings. The van der Waals surface area contributed by atoms with E-state index >= 15 is 0 Å². The van der Waals surface area contributed by atoms with E-state index < -0.39 is 24.0 Å². The zero-order valence-corrected chi connectivity index (χ0v) is 16.7. The van der Waals surface area contributed by atoms with E-state index in [4.69, 9.17) is 10.5 Å². The molecule has 4 atom stereocenters. The number of fused-ring (bicyclic) bond motifs is 1. The fraction of sp³-hybridized carbons (Fsp3) is 0.737. The van der Waals surface area contributed by atoms with Crippen LogP contribution in [-0.2, 0) is 4.74 Å². The first-order valence-corrected chi connectivity index (χ1v) is 10.4. The normalized spacial score (nSPS) is 35.1. The molecule has 0 aliphatic carbocycles. The molecule has 0 radical (unpaired) electrons. The maximum atomic E-state index is 11.1. The van der Waals surface area contributed by atoms with Gasteiger partial charge in [-0.15, -0.1) is 0 Å². The number of piperidine rings is 1. The van der Waals surface area contributed by atoms with Crippen LogP contribution < -0.4 is 11.1 Å². The lowest BCUT2D eigenvalue weighted by atomic mass is 9.85. The van der Waals surface area contributed by atoms with Gasteiger partial charge in [-0.1, -0.05) is 0 Å². The summed E-state index contributed by atoms with van der Waals surface area (Å²) in [5.41, 5.74) is 5.52. The molecular weight excluding hydrogens is 374 g/mol. The van der Waals surface area contributed by atoms with Crippen molar-refractivity contribution in [3.05, 3.63) is 12.7 Å². The lowest BCUT2D eigenvalue weighted by Gasteiger charge is -2.43. The Hall–Kier alpha value is -1.85. The van der Waals surface area contributed by atoms with Gasteiger partial charge in [0.2, 0.25) is 0 Å². The maximum absolute atomic E-state index is 11.1. The molecule has 0 unspecified atom stereocenters. The highest BCUT2D eigenvalue weighted by molar-refractivity contribution is 5.81. The predicted molar refractivity (Wildman–Crippen MR) is 106 cm³/mol. The van der Waals surface area contributed by atoms with Crippen molar-refractivity contribution in [2.24, 2.45) is 0 Å². The zero-order valence-electron chi connectivity index (χ0n) is 16.7. The number of nitrogen functional groups attached to an aromatic ring is 1. The van der Waals surface area contributed by atoms with Crippen LogP contribution in [0.4, 0.5) is 5.82 Å². The summed E-state index contributed by atoms with van der Waals surface area (Å²) in [6, 6.07) is 0. The lowest BCUT2D eigenvalue weighted by Crippen LogP contribution is -2.54. The van der Waals surface area contributed by atoms with Crippen LogP contribution in [0, 0.1) is 0 Å². The number of aliphatic hydroxyl groups is 2. The highest BCUT2D eigenvalue weighted by Gasteiger charge is 2.55. The number of anilines is 1. The second-order valence-electron chi connectivity index (χ2n) is 8.80. The molecule has 5 heterocycles. The third kappa shape index (κ3) is 2.93. The number of rotatable bonds is 3. The Labute approximate surface area is 169 Å². The first kappa shape index (κ1) is 19.1. The Bertz CT molecular complexity index is 895. The summed E-state index contributed by atoms with van der Waals surface area (Å²) >= 11 is 0. The van der Waals surface area contributed by atoms with Gasteiger partial charge in [-0.3, -0.25) is 9.47 Å². The van der Waals surface area contributed by atoms with Crippen LogP contribution in [0.25, 0.3) is 11.2 Å². The van der Waals surface area contributed by atoms with Crippen LogP contribution in [0.5, 0.6) is 0 Å². The molecule has 158 valence electrons. The fourth-order valence-electron chi connectivity index (χ4n) is 5.39. The van der Waals surface area contributed by atoms with Crippen molar-refractivity contribution in [2.45, 2.75) is 62.2 Å². The maximum Gasteiger partial charge on any atom is 0.168 e. The molecule has 2 aromatic rings. The summed E-state index contributed by atoms with van der Waals surface area (Å²) in [6.45, 7) is 5.23. The van der Waals surface area contributed by atoms with Crippen molar-refractivity contribution in [3.63, 3.8) is 0 Å². The van der Waals surface area contributed by atoms with E-state index in [0.717, 1.165) is 38.9 Å². The number of hydrogen-bond acceptors (Lipinski definition) is 9. The minimum absolute atomic E-state index is 0.182. The predicted octanol–water partition coefficient (Wildman–Crippen LogP) is -0.364. The van der Waals surface area contributed by atoms with Gasteiger partial charge in [0.25, 0.3) is 0 Å². The van der Waals surface area contributed by atoms with Gasteiger partial charge in [-0.25, -0.2) is 15.0 Å². The zero-order chi connectivity index (χ0) is 20.2. The highest BCUT2D eigenvalue weighted by atomic mass is 16.6. The number of aromatic nitrogens is 4. The van der Waals surface area contributed by atoms with Gasteiger partial charge in [0.15, 0.2) is 17.7 Å². The summed E-state index contributed by atoms with van der Waals surface area (Å²) in [6.07, 6.45) is 5.11. The average Bonchev–Trinajstić information content (AvgIpc) is 3.35. The Morgan fingerprint density at radius 1 is 1.28 bits per heavy atom. The molecular formula is C19H29N7O3. The Morgan fingerprint density at radius 2 is 2.07 bits per heavy atom. The molecule has 5 rings (SSSR count). The van der Waals surface area contributed by atoms with E-state index in [-0.39, 0.29) is 11.4 Å². The topological polar surface area (TPSA) is 135 Å². The quantitative estimate of drug-likeness (QED) is 0.542. The second kappa shape index (κ2) is 6.85. The molecule has 5 N–H and O–H groups in total. The van der Waals surface area contributed by atoms with E-state index in [1.165, 1.54) is 19.1 Å². The number of likely N-dealkylation sites (tertiary alicyclic amines) is 1. The van der Waals surface area contributed by atoms with E-state index in [1.807, 2.05) is 0 Å². The minimum atomic E-state index is -1.49. The van der Waals surface area contributed by atoms with E-state index in [2.05, 4.69) is 25.2 Å². The second-order valence-corrected chi connectivity index (χ2v) is 8.80. The average molecular weight is 403 g/mol. The summed E-state index contributed by atoms with van der Waals surface area (Å²) in [4.78, 5) is 14.9. The molecule has 29 heavy (non-hydrogen) atoms. The number of imidazole rings is 1. The molecule has 3 fully saturated rings. The number of nitrogens with two attached hydrogens (primary N) is 1. The van der Waals surface area contributed by atoms with Crippen molar-refractivity contribution in [1.82, 2.24) is 29.7 Å².